The second-order valence-electron chi connectivity index (χ2n) is 7.37. The molecule has 29 heavy (non-hydrogen) atoms. The number of methoxy groups -OCH3 is 1. The molecule has 2 aromatic rings. The predicted octanol–water partition coefficient (Wildman–Crippen LogP) is 1.82. The summed E-state index contributed by atoms with van der Waals surface area (Å²) in [6.45, 7) is 2.74. The van der Waals surface area contributed by atoms with E-state index in [9.17, 15) is 19.8 Å². The Kier molecular flexibility index (Phi) is 7.75. The molecule has 7 heteroatoms. The van der Waals surface area contributed by atoms with Crippen LogP contribution in [0, 0.1) is 0 Å². The molecule has 0 saturated heterocycles. The fraction of sp³-hybridized carbons (Fsp3) is 0.364. The van der Waals surface area contributed by atoms with E-state index in [0.717, 1.165) is 0 Å². The lowest BCUT2D eigenvalue weighted by Crippen LogP contribution is -2.51. The van der Waals surface area contributed by atoms with Gasteiger partial charge in [0, 0.05) is 0 Å². The van der Waals surface area contributed by atoms with Crippen molar-refractivity contribution in [2.24, 2.45) is 0 Å². The maximum atomic E-state index is 13.1. The number of nitrogens with one attached hydrogen (secondary N) is 1. The van der Waals surface area contributed by atoms with E-state index in [2.05, 4.69) is 5.32 Å². The molecule has 3 N–H and O–H groups in total. The molecule has 156 valence electrons. The minimum atomic E-state index is -0.987. The van der Waals surface area contributed by atoms with Gasteiger partial charge in [0.25, 0.3) is 0 Å². The third-order valence-electron chi connectivity index (χ3n) is 4.67. The van der Waals surface area contributed by atoms with E-state index in [1.165, 1.54) is 4.90 Å². The van der Waals surface area contributed by atoms with Gasteiger partial charge in [-0.05, 0) is 37.1 Å². The van der Waals surface area contributed by atoms with Gasteiger partial charge in [-0.15, -0.1) is 0 Å². The zero-order valence-corrected chi connectivity index (χ0v) is 16.9. The largest absolute Gasteiger partial charge is 0.497 e. The van der Waals surface area contributed by atoms with Crippen molar-refractivity contribution in [1.82, 2.24) is 10.2 Å². The van der Waals surface area contributed by atoms with E-state index in [-0.39, 0.29) is 13.2 Å². The first-order valence-corrected chi connectivity index (χ1v) is 9.32. The predicted molar refractivity (Wildman–Crippen MR) is 109 cm³/mol. The first-order chi connectivity index (χ1) is 13.9. The molecule has 0 bridgehead atoms. The number of rotatable bonds is 10. The Morgan fingerprint density at radius 2 is 1.72 bits per heavy atom. The molecule has 0 aliphatic heterocycles. The first kappa shape index (κ1) is 22.4. The van der Waals surface area contributed by atoms with Crippen LogP contribution in [0.3, 0.4) is 0 Å². The molecule has 2 rings (SSSR count). The Bertz CT molecular complexity index is 793. The summed E-state index contributed by atoms with van der Waals surface area (Å²) in [7, 11) is 1.55. The van der Waals surface area contributed by atoms with E-state index in [0.29, 0.717) is 23.3 Å². The van der Waals surface area contributed by atoms with Crippen LogP contribution >= 0.6 is 0 Å². The van der Waals surface area contributed by atoms with Crippen molar-refractivity contribution < 1.29 is 24.5 Å². The van der Waals surface area contributed by atoms with E-state index >= 15 is 0 Å². The van der Waals surface area contributed by atoms with Crippen molar-refractivity contribution >= 4 is 12.3 Å². The first-order valence-electron chi connectivity index (χ1n) is 9.32. The molecule has 0 radical (unpaired) electrons. The van der Waals surface area contributed by atoms with Crippen molar-refractivity contribution in [3.8, 4) is 5.75 Å². The van der Waals surface area contributed by atoms with Crippen LogP contribution in [0.25, 0.3) is 0 Å². The third kappa shape index (κ3) is 5.56. The zero-order valence-electron chi connectivity index (χ0n) is 16.9. The molecule has 2 aromatic carbocycles. The van der Waals surface area contributed by atoms with Crippen molar-refractivity contribution in [3.63, 3.8) is 0 Å². The average Bonchev–Trinajstić information content (AvgIpc) is 2.74. The maximum Gasteiger partial charge on any atom is 0.247 e. The summed E-state index contributed by atoms with van der Waals surface area (Å²) in [5.74, 6) is 0.194. The lowest BCUT2D eigenvalue weighted by atomic mass is 9.98. The normalized spacial score (nSPS) is 13.3. The van der Waals surface area contributed by atoms with Crippen LogP contribution in [-0.4, -0.2) is 53.3 Å². The number of amides is 2. The molecular formula is C22H28N2O5. The smallest absolute Gasteiger partial charge is 0.247 e. The second kappa shape index (κ2) is 10.0. The Morgan fingerprint density at radius 3 is 2.21 bits per heavy atom. The topological polar surface area (TPSA) is 99.1 Å². The number of carbonyl (C=O) groups excluding carboxylic acids is 2. The van der Waals surface area contributed by atoms with Gasteiger partial charge < -0.3 is 25.2 Å². The van der Waals surface area contributed by atoms with Gasteiger partial charge in [-0.2, -0.15) is 0 Å². The zero-order chi connectivity index (χ0) is 21.4. The number of aliphatic hydroxyl groups is 2. The molecule has 0 aromatic heterocycles. The average molecular weight is 400 g/mol. The SMILES string of the molecule is COc1ccc(C(CO)N(C=O)C(C(=O)NC(C)(C)CO)c2ccccc2)cc1. The van der Waals surface area contributed by atoms with Gasteiger partial charge in [0.1, 0.15) is 11.8 Å². The van der Waals surface area contributed by atoms with Crippen LogP contribution in [-0.2, 0) is 9.59 Å². The Balaban J connectivity index is 2.46. The summed E-state index contributed by atoms with van der Waals surface area (Å²) < 4.78 is 5.16. The summed E-state index contributed by atoms with van der Waals surface area (Å²) in [6.07, 6.45) is 0.564. The fourth-order valence-electron chi connectivity index (χ4n) is 3.05. The van der Waals surface area contributed by atoms with Crippen LogP contribution in [0.5, 0.6) is 5.75 Å². The number of nitrogens with zero attached hydrogens (tertiary/aromatic N) is 1. The van der Waals surface area contributed by atoms with Crippen LogP contribution in [0.2, 0.25) is 0 Å². The van der Waals surface area contributed by atoms with Crippen molar-refractivity contribution in [2.45, 2.75) is 31.5 Å². The Hall–Kier alpha value is -2.90. The van der Waals surface area contributed by atoms with Gasteiger partial charge in [0.15, 0.2) is 0 Å². The Labute approximate surface area is 170 Å². The van der Waals surface area contributed by atoms with E-state index in [1.807, 2.05) is 6.07 Å². The Morgan fingerprint density at radius 1 is 1.10 bits per heavy atom. The second-order valence-corrected chi connectivity index (χ2v) is 7.37. The minimum Gasteiger partial charge on any atom is -0.497 e. The molecule has 0 aliphatic carbocycles. The summed E-state index contributed by atoms with van der Waals surface area (Å²) in [6, 6.07) is 14.1. The minimum absolute atomic E-state index is 0.261. The molecule has 0 heterocycles. The highest BCUT2D eigenvalue weighted by Crippen LogP contribution is 2.31. The van der Waals surface area contributed by atoms with Gasteiger partial charge in [0.05, 0.1) is 31.9 Å². The highest BCUT2D eigenvalue weighted by Gasteiger charge is 2.34. The molecule has 0 spiro atoms. The molecule has 2 unspecified atom stereocenters. The molecule has 7 nitrogen and oxygen atoms in total. The van der Waals surface area contributed by atoms with Gasteiger partial charge in [-0.1, -0.05) is 42.5 Å². The number of hydrogen-bond donors (Lipinski definition) is 3. The molecule has 2 atom stereocenters. The molecule has 0 saturated carbocycles. The number of benzene rings is 2. The number of ether oxygens (including phenoxy) is 1. The van der Waals surface area contributed by atoms with Crippen LogP contribution in [0.4, 0.5) is 0 Å². The standard InChI is InChI=1S/C22H28N2O5/c1-22(2,14-26)23-21(28)20(17-7-5-4-6-8-17)24(15-27)19(13-25)16-9-11-18(29-3)12-10-16/h4-12,15,19-20,25-26H,13-14H2,1-3H3,(H,23,28). The molecule has 0 aliphatic rings. The van der Waals surface area contributed by atoms with E-state index in [1.54, 1.807) is 69.5 Å². The number of carbonyl (C=O) groups is 2. The van der Waals surface area contributed by atoms with Gasteiger partial charge in [0.2, 0.25) is 12.3 Å². The van der Waals surface area contributed by atoms with Gasteiger partial charge in [-0.25, -0.2) is 0 Å². The molecule has 0 fully saturated rings. The van der Waals surface area contributed by atoms with Crippen LogP contribution in [0.1, 0.15) is 37.1 Å². The van der Waals surface area contributed by atoms with Gasteiger partial charge in [-0.3, -0.25) is 9.59 Å². The van der Waals surface area contributed by atoms with Gasteiger partial charge >= 0.3 is 0 Å². The quantitative estimate of drug-likeness (QED) is 0.529. The summed E-state index contributed by atoms with van der Waals surface area (Å²) in [4.78, 5) is 26.6. The highest BCUT2D eigenvalue weighted by atomic mass is 16.5. The molecular weight excluding hydrogens is 372 g/mol. The maximum absolute atomic E-state index is 13.1. The highest BCUT2D eigenvalue weighted by molar-refractivity contribution is 5.85. The summed E-state index contributed by atoms with van der Waals surface area (Å²) in [5.41, 5.74) is 0.390. The monoisotopic (exact) mass is 400 g/mol. The van der Waals surface area contributed by atoms with E-state index < -0.39 is 23.5 Å². The lowest BCUT2D eigenvalue weighted by molar-refractivity contribution is -0.137. The molecule has 2 amide bonds. The van der Waals surface area contributed by atoms with Crippen molar-refractivity contribution in [1.29, 1.82) is 0 Å². The number of aliphatic hydroxyl groups excluding tert-OH is 2. The third-order valence-corrected chi connectivity index (χ3v) is 4.67. The summed E-state index contributed by atoms with van der Waals surface area (Å²) >= 11 is 0. The van der Waals surface area contributed by atoms with E-state index in [4.69, 9.17) is 4.74 Å². The van der Waals surface area contributed by atoms with Crippen molar-refractivity contribution in [3.05, 3.63) is 65.7 Å². The fourth-order valence-corrected chi connectivity index (χ4v) is 3.05. The lowest BCUT2D eigenvalue weighted by Gasteiger charge is -2.36. The number of hydrogen-bond acceptors (Lipinski definition) is 5. The van der Waals surface area contributed by atoms with Crippen LogP contribution < -0.4 is 10.1 Å². The summed E-state index contributed by atoms with van der Waals surface area (Å²) in [5, 5.41) is 22.4. The van der Waals surface area contributed by atoms with Crippen molar-refractivity contribution in [2.75, 3.05) is 20.3 Å². The van der Waals surface area contributed by atoms with Crippen LogP contribution in [0.15, 0.2) is 54.6 Å².